The molecule has 30 heavy (non-hydrogen) atoms. The maximum absolute atomic E-state index is 12.9. The first-order valence-corrected chi connectivity index (χ1v) is 9.58. The van der Waals surface area contributed by atoms with Crippen molar-refractivity contribution in [2.75, 3.05) is 20.3 Å². The van der Waals surface area contributed by atoms with Crippen LogP contribution < -0.4 is 10.6 Å². The van der Waals surface area contributed by atoms with Gasteiger partial charge in [0.25, 0.3) is 11.8 Å². The van der Waals surface area contributed by atoms with Gasteiger partial charge in [0.15, 0.2) is 5.69 Å². The molecule has 2 amide bonds. The molecule has 2 N–H and O–H groups in total. The number of aromatic nitrogens is 2. The number of ether oxygens (including phenoxy) is 1. The van der Waals surface area contributed by atoms with E-state index >= 15 is 0 Å². The van der Waals surface area contributed by atoms with Gasteiger partial charge in [-0.05, 0) is 24.6 Å². The maximum Gasteiger partial charge on any atom is 0.416 e. The van der Waals surface area contributed by atoms with Crippen LogP contribution in [0.5, 0.6) is 0 Å². The SMILES string of the molecule is CNC(=O)c1cc(C(=O)N[C@H]2[C@@H]3COC[C@@H]32)n([C@@H](C)c2ccc(C(F)(F)F)cc2)n1. The summed E-state index contributed by atoms with van der Waals surface area (Å²) in [5, 5.41) is 9.67. The number of hydrogen-bond donors (Lipinski definition) is 2. The van der Waals surface area contributed by atoms with Crippen LogP contribution in [0, 0.1) is 11.8 Å². The van der Waals surface area contributed by atoms with E-state index in [9.17, 15) is 22.8 Å². The summed E-state index contributed by atoms with van der Waals surface area (Å²) in [5.74, 6) is -0.234. The Labute approximate surface area is 170 Å². The summed E-state index contributed by atoms with van der Waals surface area (Å²) in [5.41, 5.74) is -0.00153. The van der Waals surface area contributed by atoms with Crippen molar-refractivity contribution < 1.29 is 27.5 Å². The van der Waals surface area contributed by atoms with E-state index in [0.29, 0.717) is 30.6 Å². The van der Waals surface area contributed by atoms with Crippen molar-refractivity contribution in [3.8, 4) is 0 Å². The molecule has 1 aliphatic heterocycles. The van der Waals surface area contributed by atoms with Crippen LogP contribution in [0.25, 0.3) is 0 Å². The van der Waals surface area contributed by atoms with Crippen molar-refractivity contribution in [1.29, 1.82) is 0 Å². The van der Waals surface area contributed by atoms with Crippen LogP contribution in [0.15, 0.2) is 30.3 Å². The van der Waals surface area contributed by atoms with E-state index in [1.54, 1.807) is 6.92 Å². The number of benzene rings is 1. The van der Waals surface area contributed by atoms with Crippen LogP contribution in [0.4, 0.5) is 13.2 Å². The summed E-state index contributed by atoms with van der Waals surface area (Å²) in [6.45, 7) is 2.93. The molecule has 1 saturated heterocycles. The summed E-state index contributed by atoms with van der Waals surface area (Å²) in [4.78, 5) is 24.9. The van der Waals surface area contributed by atoms with Gasteiger partial charge in [0.1, 0.15) is 5.69 Å². The van der Waals surface area contributed by atoms with E-state index in [0.717, 1.165) is 12.1 Å². The number of amides is 2. The molecule has 2 aromatic rings. The summed E-state index contributed by atoms with van der Waals surface area (Å²) in [6, 6.07) is 5.52. The number of alkyl halides is 3. The second kappa shape index (κ2) is 7.42. The molecule has 2 fully saturated rings. The standard InChI is InChI=1S/C20H21F3N4O3/c1-10(11-3-5-12(6-4-11)20(21,22)23)27-16(7-15(26-27)18(28)24-2)19(29)25-17-13-8-30-9-14(13)17/h3-7,10,13-14,17H,8-9H2,1-2H3,(H,24,28)(H,25,29)/t10-,13-,14+,17+/m0/s1. The molecule has 1 saturated carbocycles. The number of nitrogens with one attached hydrogen (secondary N) is 2. The highest BCUT2D eigenvalue weighted by Crippen LogP contribution is 2.44. The smallest absolute Gasteiger partial charge is 0.381 e. The van der Waals surface area contributed by atoms with Crippen molar-refractivity contribution in [1.82, 2.24) is 20.4 Å². The van der Waals surface area contributed by atoms with Gasteiger partial charge in [-0.25, -0.2) is 0 Å². The normalized spacial score (nSPS) is 23.6. The van der Waals surface area contributed by atoms with Crippen LogP contribution in [0.3, 0.4) is 0 Å². The van der Waals surface area contributed by atoms with Gasteiger partial charge in [0, 0.05) is 31.0 Å². The van der Waals surface area contributed by atoms with Crippen molar-refractivity contribution in [3.05, 3.63) is 52.8 Å². The number of halogens is 3. The number of fused-ring (bicyclic) bond motifs is 1. The Bertz CT molecular complexity index is 961. The average Bonchev–Trinajstić information content (AvgIpc) is 3.11. The summed E-state index contributed by atoms with van der Waals surface area (Å²) >= 11 is 0. The molecule has 0 spiro atoms. The number of nitrogens with zero attached hydrogens (tertiary/aromatic N) is 2. The summed E-state index contributed by atoms with van der Waals surface area (Å²) < 4.78 is 45.2. The molecule has 0 bridgehead atoms. The Balaban J connectivity index is 1.61. The van der Waals surface area contributed by atoms with Crippen molar-refractivity contribution >= 4 is 11.8 Å². The van der Waals surface area contributed by atoms with Crippen LogP contribution in [-0.2, 0) is 10.9 Å². The van der Waals surface area contributed by atoms with E-state index in [2.05, 4.69) is 15.7 Å². The molecule has 4 rings (SSSR count). The number of hydrogen-bond acceptors (Lipinski definition) is 4. The predicted octanol–water partition coefficient (Wildman–Crippen LogP) is 2.25. The highest BCUT2D eigenvalue weighted by atomic mass is 19.4. The van der Waals surface area contributed by atoms with Crippen molar-refractivity contribution in [2.24, 2.45) is 11.8 Å². The van der Waals surface area contributed by atoms with Gasteiger partial charge < -0.3 is 15.4 Å². The molecule has 1 aromatic heterocycles. The average molecular weight is 422 g/mol. The van der Waals surface area contributed by atoms with Gasteiger partial charge in [0.2, 0.25) is 0 Å². The highest BCUT2D eigenvalue weighted by Gasteiger charge is 2.55. The van der Waals surface area contributed by atoms with E-state index in [1.165, 1.54) is 29.9 Å². The Morgan fingerprint density at radius 1 is 1.17 bits per heavy atom. The molecule has 0 unspecified atom stereocenters. The topological polar surface area (TPSA) is 85.3 Å². The zero-order valence-corrected chi connectivity index (χ0v) is 16.4. The summed E-state index contributed by atoms with van der Waals surface area (Å²) in [6.07, 6.45) is -4.43. The van der Waals surface area contributed by atoms with Crippen molar-refractivity contribution in [3.63, 3.8) is 0 Å². The fourth-order valence-electron chi connectivity index (χ4n) is 3.87. The monoisotopic (exact) mass is 422 g/mol. The van der Waals surface area contributed by atoms with Crippen molar-refractivity contribution in [2.45, 2.75) is 25.2 Å². The molecular weight excluding hydrogens is 401 g/mol. The molecular formula is C20H21F3N4O3. The van der Waals surface area contributed by atoms with Gasteiger partial charge in [-0.2, -0.15) is 18.3 Å². The minimum Gasteiger partial charge on any atom is -0.381 e. The lowest BCUT2D eigenvalue weighted by atomic mass is 10.1. The van der Waals surface area contributed by atoms with Gasteiger partial charge in [-0.1, -0.05) is 12.1 Å². The quantitative estimate of drug-likeness (QED) is 0.774. The van der Waals surface area contributed by atoms with Gasteiger partial charge in [-0.3, -0.25) is 14.3 Å². The van der Waals surface area contributed by atoms with Gasteiger partial charge in [0.05, 0.1) is 24.8 Å². The van der Waals surface area contributed by atoms with Gasteiger partial charge in [-0.15, -0.1) is 0 Å². The highest BCUT2D eigenvalue weighted by molar-refractivity contribution is 5.98. The lowest BCUT2D eigenvalue weighted by Gasteiger charge is -2.17. The second-order valence-electron chi connectivity index (χ2n) is 7.60. The van der Waals surface area contributed by atoms with Gasteiger partial charge >= 0.3 is 6.18 Å². The maximum atomic E-state index is 12.9. The lowest BCUT2D eigenvalue weighted by molar-refractivity contribution is -0.137. The molecule has 2 heterocycles. The molecule has 0 radical (unpaired) electrons. The first-order valence-electron chi connectivity index (χ1n) is 9.58. The molecule has 1 aromatic carbocycles. The third-order valence-corrected chi connectivity index (χ3v) is 5.77. The predicted molar refractivity (Wildman–Crippen MR) is 99.9 cm³/mol. The number of carbonyl (C=O) groups excluding carboxylic acids is 2. The van der Waals surface area contributed by atoms with E-state index in [1.807, 2.05) is 0 Å². The third kappa shape index (κ3) is 3.67. The lowest BCUT2D eigenvalue weighted by Crippen LogP contribution is -2.32. The van der Waals surface area contributed by atoms with E-state index < -0.39 is 23.7 Å². The molecule has 2 aliphatic rings. The number of rotatable bonds is 5. The van der Waals surface area contributed by atoms with Crippen LogP contribution in [-0.4, -0.2) is 47.9 Å². The Kier molecular flexibility index (Phi) is 5.05. The minimum atomic E-state index is -4.43. The zero-order valence-electron chi connectivity index (χ0n) is 16.4. The molecule has 1 aliphatic carbocycles. The Morgan fingerprint density at radius 2 is 1.80 bits per heavy atom. The zero-order chi connectivity index (χ0) is 21.6. The largest absolute Gasteiger partial charge is 0.416 e. The Hall–Kier alpha value is -2.88. The molecule has 7 nitrogen and oxygen atoms in total. The minimum absolute atomic E-state index is 0.0272. The molecule has 10 heteroatoms. The fourth-order valence-corrected chi connectivity index (χ4v) is 3.87. The Morgan fingerprint density at radius 3 is 2.37 bits per heavy atom. The third-order valence-electron chi connectivity index (χ3n) is 5.77. The molecule has 4 atom stereocenters. The first kappa shape index (κ1) is 20.4. The van der Waals surface area contributed by atoms with E-state index in [-0.39, 0.29) is 23.3 Å². The van der Waals surface area contributed by atoms with E-state index in [4.69, 9.17) is 4.74 Å². The second-order valence-corrected chi connectivity index (χ2v) is 7.60. The fraction of sp³-hybridized carbons (Fsp3) is 0.450. The van der Waals surface area contributed by atoms with Crippen LogP contribution >= 0.6 is 0 Å². The summed E-state index contributed by atoms with van der Waals surface area (Å²) in [7, 11) is 1.45. The van der Waals surface area contributed by atoms with Crippen LogP contribution in [0.1, 0.15) is 45.1 Å². The number of carbonyl (C=O) groups is 2. The van der Waals surface area contributed by atoms with Crippen LogP contribution in [0.2, 0.25) is 0 Å². The first-order chi connectivity index (χ1) is 14.2. The molecule has 160 valence electrons.